The first-order valence-electron chi connectivity index (χ1n) is 6.29. The minimum Gasteiger partial charge on any atom is -0.497 e. The third-order valence-corrected chi connectivity index (χ3v) is 3.26. The van der Waals surface area contributed by atoms with E-state index in [1.807, 2.05) is 31.2 Å². The molecule has 2 rings (SSSR count). The van der Waals surface area contributed by atoms with Crippen LogP contribution >= 0.6 is 0 Å². The summed E-state index contributed by atoms with van der Waals surface area (Å²) < 4.78 is 5.17. The summed E-state index contributed by atoms with van der Waals surface area (Å²) in [7, 11) is 1.61. The summed E-state index contributed by atoms with van der Waals surface area (Å²) in [6.07, 6.45) is 0.343. The average molecular weight is 262 g/mol. The second kappa shape index (κ2) is 5.73. The number of hydrogen-bond donors (Lipinski definition) is 1. The molecule has 0 saturated carbocycles. The second-order valence-electron chi connectivity index (χ2n) is 4.70. The van der Waals surface area contributed by atoms with E-state index in [-0.39, 0.29) is 24.4 Å². The number of nitrogens with one attached hydrogen (secondary N) is 1. The molecule has 1 aromatic rings. The third-order valence-electron chi connectivity index (χ3n) is 3.26. The molecule has 1 heterocycles. The van der Waals surface area contributed by atoms with Gasteiger partial charge in [0, 0.05) is 19.0 Å². The lowest BCUT2D eigenvalue weighted by molar-refractivity contribution is -0.132. The highest BCUT2D eigenvalue weighted by Crippen LogP contribution is 2.17. The number of rotatable bonds is 3. The number of carbonyl (C=O) groups is 2. The molecule has 0 spiro atoms. The highest BCUT2D eigenvalue weighted by molar-refractivity contribution is 5.87. The molecule has 1 aliphatic rings. The number of methoxy groups -OCH3 is 1. The van der Waals surface area contributed by atoms with Crippen molar-refractivity contribution in [2.75, 3.05) is 13.7 Å². The van der Waals surface area contributed by atoms with E-state index in [0.717, 1.165) is 11.3 Å². The fraction of sp³-hybridized carbons (Fsp3) is 0.429. The molecule has 1 fully saturated rings. The van der Waals surface area contributed by atoms with E-state index in [4.69, 9.17) is 4.74 Å². The summed E-state index contributed by atoms with van der Waals surface area (Å²) in [5.41, 5.74) is 0.994. The van der Waals surface area contributed by atoms with Crippen LogP contribution in [0.2, 0.25) is 0 Å². The minimum absolute atomic E-state index is 0.0545. The molecule has 1 aliphatic heterocycles. The van der Waals surface area contributed by atoms with Gasteiger partial charge in [-0.1, -0.05) is 12.1 Å². The number of benzene rings is 1. The minimum atomic E-state index is -0.0961. The van der Waals surface area contributed by atoms with Crippen LogP contribution in [0.4, 0.5) is 0 Å². The molecular weight excluding hydrogens is 244 g/mol. The molecule has 5 heteroatoms. The molecule has 5 nitrogen and oxygen atoms in total. The van der Waals surface area contributed by atoms with Crippen molar-refractivity contribution in [3.63, 3.8) is 0 Å². The number of nitrogens with zero attached hydrogens (tertiary/aromatic N) is 1. The van der Waals surface area contributed by atoms with Crippen LogP contribution in [-0.2, 0) is 16.1 Å². The van der Waals surface area contributed by atoms with Gasteiger partial charge in [0.2, 0.25) is 11.8 Å². The van der Waals surface area contributed by atoms with E-state index in [0.29, 0.717) is 13.0 Å². The van der Waals surface area contributed by atoms with Gasteiger partial charge in [0.15, 0.2) is 0 Å². The van der Waals surface area contributed by atoms with Crippen molar-refractivity contribution in [3.05, 3.63) is 29.8 Å². The Kier molecular flexibility index (Phi) is 4.04. The van der Waals surface area contributed by atoms with Gasteiger partial charge in [-0.25, -0.2) is 0 Å². The summed E-state index contributed by atoms with van der Waals surface area (Å²) in [5, 5.41) is 2.61. The van der Waals surface area contributed by atoms with Gasteiger partial charge in [0.1, 0.15) is 5.75 Å². The maximum absolute atomic E-state index is 12.0. The lowest BCUT2D eigenvalue weighted by atomic mass is 10.1. The van der Waals surface area contributed by atoms with Gasteiger partial charge in [0.05, 0.1) is 13.7 Å². The van der Waals surface area contributed by atoms with Crippen LogP contribution < -0.4 is 10.1 Å². The predicted octanol–water partition coefficient (Wildman–Crippen LogP) is 0.932. The zero-order valence-electron chi connectivity index (χ0n) is 11.2. The van der Waals surface area contributed by atoms with E-state index in [2.05, 4.69) is 5.32 Å². The van der Waals surface area contributed by atoms with Gasteiger partial charge in [-0.3, -0.25) is 9.59 Å². The Hall–Kier alpha value is -2.04. The maximum Gasteiger partial charge on any atom is 0.242 e. The van der Waals surface area contributed by atoms with Crippen LogP contribution in [0.25, 0.3) is 0 Å². The third kappa shape index (κ3) is 3.24. The van der Waals surface area contributed by atoms with Crippen LogP contribution in [0.1, 0.15) is 18.9 Å². The molecular formula is C14H18N2O3. The van der Waals surface area contributed by atoms with Gasteiger partial charge >= 0.3 is 0 Å². The quantitative estimate of drug-likeness (QED) is 0.881. The largest absolute Gasteiger partial charge is 0.497 e. The number of hydrogen-bond acceptors (Lipinski definition) is 3. The molecule has 19 heavy (non-hydrogen) atoms. The summed E-state index contributed by atoms with van der Waals surface area (Å²) in [4.78, 5) is 25.2. The van der Waals surface area contributed by atoms with E-state index < -0.39 is 0 Å². The number of carbonyl (C=O) groups excluding carboxylic acids is 2. The SMILES string of the molecule is COc1cccc(CN2C(=O)CNC(=O)CC2C)c1. The summed E-state index contributed by atoms with van der Waals surface area (Å²) in [5.74, 6) is 0.636. The molecule has 0 radical (unpaired) electrons. The summed E-state index contributed by atoms with van der Waals surface area (Å²) in [6.45, 7) is 2.46. The van der Waals surface area contributed by atoms with Crippen molar-refractivity contribution < 1.29 is 14.3 Å². The first kappa shape index (κ1) is 13.4. The summed E-state index contributed by atoms with van der Waals surface area (Å²) in [6, 6.07) is 7.51. The smallest absolute Gasteiger partial charge is 0.242 e. The topological polar surface area (TPSA) is 58.6 Å². The molecule has 2 amide bonds. The average Bonchev–Trinajstić information content (AvgIpc) is 2.52. The normalized spacial score (nSPS) is 19.9. The lowest BCUT2D eigenvalue weighted by Crippen LogP contribution is -2.39. The van der Waals surface area contributed by atoms with Crippen molar-refractivity contribution >= 4 is 11.8 Å². The first-order valence-corrected chi connectivity index (χ1v) is 6.29. The van der Waals surface area contributed by atoms with Crippen molar-refractivity contribution in [2.24, 2.45) is 0 Å². The predicted molar refractivity (Wildman–Crippen MR) is 70.6 cm³/mol. The Morgan fingerprint density at radius 3 is 2.95 bits per heavy atom. The maximum atomic E-state index is 12.0. The fourth-order valence-electron chi connectivity index (χ4n) is 2.18. The van der Waals surface area contributed by atoms with Gasteiger partial charge in [-0.15, -0.1) is 0 Å². The zero-order chi connectivity index (χ0) is 13.8. The molecule has 1 unspecified atom stereocenters. The number of amides is 2. The van der Waals surface area contributed by atoms with Gasteiger partial charge in [-0.2, -0.15) is 0 Å². The Morgan fingerprint density at radius 2 is 2.21 bits per heavy atom. The van der Waals surface area contributed by atoms with Crippen LogP contribution in [-0.4, -0.2) is 36.4 Å². The van der Waals surface area contributed by atoms with Crippen molar-refractivity contribution in [1.82, 2.24) is 10.2 Å². The van der Waals surface area contributed by atoms with E-state index in [1.165, 1.54) is 0 Å². The fourth-order valence-corrected chi connectivity index (χ4v) is 2.18. The van der Waals surface area contributed by atoms with Crippen molar-refractivity contribution in [2.45, 2.75) is 25.9 Å². The highest BCUT2D eigenvalue weighted by Gasteiger charge is 2.26. The molecule has 0 bridgehead atoms. The van der Waals surface area contributed by atoms with Crippen molar-refractivity contribution in [1.29, 1.82) is 0 Å². The molecule has 0 aromatic heterocycles. The van der Waals surface area contributed by atoms with Gasteiger partial charge in [-0.05, 0) is 24.6 Å². The first-order chi connectivity index (χ1) is 9.10. The zero-order valence-corrected chi connectivity index (χ0v) is 11.2. The summed E-state index contributed by atoms with van der Waals surface area (Å²) >= 11 is 0. The van der Waals surface area contributed by atoms with Crippen molar-refractivity contribution in [3.8, 4) is 5.75 Å². The molecule has 1 N–H and O–H groups in total. The van der Waals surface area contributed by atoms with E-state index in [1.54, 1.807) is 12.0 Å². The Balaban J connectivity index is 2.15. The Bertz CT molecular complexity index is 487. The number of ether oxygens (including phenoxy) is 1. The van der Waals surface area contributed by atoms with Crippen LogP contribution in [0, 0.1) is 0 Å². The van der Waals surface area contributed by atoms with E-state index in [9.17, 15) is 9.59 Å². The standard InChI is InChI=1S/C14H18N2O3/c1-10-6-13(17)15-8-14(18)16(10)9-11-4-3-5-12(7-11)19-2/h3-5,7,10H,6,8-9H2,1-2H3,(H,15,17). The van der Waals surface area contributed by atoms with Crippen LogP contribution in [0.3, 0.4) is 0 Å². The van der Waals surface area contributed by atoms with Gasteiger partial charge in [0.25, 0.3) is 0 Å². The van der Waals surface area contributed by atoms with E-state index >= 15 is 0 Å². The highest BCUT2D eigenvalue weighted by atomic mass is 16.5. The Labute approximate surface area is 112 Å². The molecule has 1 atom stereocenters. The van der Waals surface area contributed by atoms with Crippen LogP contribution in [0.5, 0.6) is 5.75 Å². The molecule has 1 saturated heterocycles. The molecule has 1 aromatic carbocycles. The second-order valence-corrected chi connectivity index (χ2v) is 4.70. The molecule has 0 aliphatic carbocycles. The lowest BCUT2D eigenvalue weighted by Gasteiger charge is -2.26. The van der Waals surface area contributed by atoms with Crippen LogP contribution in [0.15, 0.2) is 24.3 Å². The Morgan fingerprint density at radius 1 is 1.42 bits per heavy atom. The van der Waals surface area contributed by atoms with Gasteiger partial charge < -0.3 is 15.0 Å². The monoisotopic (exact) mass is 262 g/mol. The molecule has 102 valence electrons.